The second kappa shape index (κ2) is 9.02. The van der Waals surface area contributed by atoms with Crippen LogP contribution in [0.25, 0.3) is 0 Å². The van der Waals surface area contributed by atoms with Crippen molar-refractivity contribution in [1.82, 2.24) is 10.2 Å². The highest BCUT2D eigenvalue weighted by Crippen LogP contribution is 2.31. The molecule has 7 nitrogen and oxygen atoms in total. The molecule has 0 saturated carbocycles. The van der Waals surface area contributed by atoms with Crippen LogP contribution in [0, 0.1) is 0 Å². The van der Waals surface area contributed by atoms with E-state index in [1.807, 2.05) is 0 Å². The maximum atomic E-state index is 13.3. The highest BCUT2D eigenvalue weighted by atomic mass is 32.2. The smallest absolute Gasteiger partial charge is 0.416 e. The van der Waals surface area contributed by atoms with E-state index in [0.717, 1.165) is 27.8 Å². The molecular formula is C19H16F3N3O4S2. The van der Waals surface area contributed by atoms with Crippen LogP contribution in [-0.2, 0) is 27.5 Å². The van der Waals surface area contributed by atoms with Gasteiger partial charge in [0.1, 0.15) is 5.51 Å². The minimum atomic E-state index is -4.56. The van der Waals surface area contributed by atoms with Crippen LogP contribution in [0.5, 0.6) is 0 Å². The molecule has 0 radical (unpaired) electrons. The van der Waals surface area contributed by atoms with Gasteiger partial charge in [0, 0.05) is 0 Å². The molecule has 0 amide bonds. The zero-order chi connectivity index (χ0) is 22.6. The fourth-order valence-electron chi connectivity index (χ4n) is 2.65. The molecule has 164 valence electrons. The zero-order valence-electron chi connectivity index (χ0n) is 16.0. The molecule has 12 heteroatoms. The lowest BCUT2D eigenvalue weighted by Gasteiger charge is -2.22. The van der Waals surface area contributed by atoms with Gasteiger partial charge in [-0.25, -0.2) is 17.5 Å². The minimum absolute atomic E-state index is 0.00752. The van der Waals surface area contributed by atoms with Crippen molar-refractivity contribution in [3.63, 3.8) is 0 Å². The van der Waals surface area contributed by atoms with Gasteiger partial charge in [-0.3, -0.25) is 0 Å². The van der Waals surface area contributed by atoms with Gasteiger partial charge in [-0.05, 0) is 48.9 Å². The van der Waals surface area contributed by atoms with Crippen LogP contribution in [0.15, 0.2) is 58.9 Å². The van der Waals surface area contributed by atoms with Crippen molar-refractivity contribution in [3.05, 3.63) is 70.7 Å². The second-order valence-corrected chi connectivity index (χ2v) is 8.85. The van der Waals surface area contributed by atoms with Crippen LogP contribution in [0.3, 0.4) is 0 Å². The minimum Gasteiger partial charge on any atom is -0.462 e. The Morgan fingerprint density at radius 3 is 2.45 bits per heavy atom. The number of anilines is 1. The normalized spacial score (nSPS) is 11.9. The maximum Gasteiger partial charge on any atom is 0.416 e. The number of carbonyl (C=O) groups is 1. The van der Waals surface area contributed by atoms with Crippen molar-refractivity contribution < 1.29 is 31.1 Å². The van der Waals surface area contributed by atoms with Crippen molar-refractivity contribution in [2.45, 2.75) is 24.5 Å². The highest BCUT2D eigenvalue weighted by molar-refractivity contribution is 7.93. The van der Waals surface area contributed by atoms with E-state index in [-0.39, 0.29) is 34.3 Å². The zero-order valence-corrected chi connectivity index (χ0v) is 17.7. The predicted molar refractivity (Wildman–Crippen MR) is 107 cm³/mol. The van der Waals surface area contributed by atoms with Crippen LogP contribution in [0.4, 0.5) is 18.3 Å². The van der Waals surface area contributed by atoms with E-state index >= 15 is 0 Å². The fourth-order valence-corrected chi connectivity index (χ4v) is 4.83. The number of aromatic nitrogens is 2. The Hall–Kier alpha value is -2.99. The Balaban J connectivity index is 1.97. The van der Waals surface area contributed by atoms with Gasteiger partial charge in [0.25, 0.3) is 10.0 Å². The number of ether oxygens (including phenoxy) is 1. The molecule has 0 aliphatic carbocycles. The SMILES string of the molecule is CCOC(=O)c1ccc(S(=O)(=O)N(Cc2cccc(C(F)(F)F)c2)c2nncs2)cc1. The molecule has 0 N–H and O–H groups in total. The quantitative estimate of drug-likeness (QED) is 0.482. The summed E-state index contributed by atoms with van der Waals surface area (Å²) >= 11 is 0.924. The van der Waals surface area contributed by atoms with E-state index < -0.39 is 27.7 Å². The van der Waals surface area contributed by atoms with Crippen molar-refractivity contribution >= 4 is 32.5 Å². The molecule has 0 saturated heterocycles. The van der Waals surface area contributed by atoms with E-state index in [4.69, 9.17) is 4.74 Å². The number of esters is 1. The van der Waals surface area contributed by atoms with Crippen LogP contribution in [-0.4, -0.2) is 31.2 Å². The third-order valence-corrected chi connectivity index (χ3v) is 6.67. The summed E-state index contributed by atoms with van der Waals surface area (Å²) in [6, 6.07) is 9.43. The number of hydrogen-bond donors (Lipinski definition) is 0. The summed E-state index contributed by atoms with van der Waals surface area (Å²) < 4.78 is 71.4. The molecule has 3 aromatic rings. The lowest BCUT2D eigenvalue weighted by atomic mass is 10.1. The number of benzene rings is 2. The lowest BCUT2D eigenvalue weighted by molar-refractivity contribution is -0.137. The summed E-state index contributed by atoms with van der Waals surface area (Å²) in [6.45, 7) is 1.42. The molecule has 0 bridgehead atoms. The number of hydrogen-bond acceptors (Lipinski definition) is 7. The number of nitrogens with zero attached hydrogens (tertiary/aromatic N) is 3. The predicted octanol–water partition coefficient (Wildman–Crippen LogP) is 4.13. The number of sulfonamides is 1. The first-order valence-electron chi connectivity index (χ1n) is 8.85. The van der Waals surface area contributed by atoms with Gasteiger partial charge in [0.05, 0.1) is 29.2 Å². The number of carbonyl (C=O) groups excluding carboxylic acids is 1. The second-order valence-electron chi connectivity index (χ2n) is 6.18. The molecule has 0 spiro atoms. The van der Waals surface area contributed by atoms with Gasteiger partial charge in [-0.1, -0.05) is 23.5 Å². The average molecular weight is 471 g/mol. The summed E-state index contributed by atoms with van der Waals surface area (Å²) in [6.07, 6.45) is -4.56. The molecule has 0 unspecified atom stereocenters. The summed E-state index contributed by atoms with van der Waals surface area (Å²) in [4.78, 5) is 11.6. The van der Waals surface area contributed by atoms with Gasteiger partial charge < -0.3 is 4.74 Å². The van der Waals surface area contributed by atoms with E-state index in [1.54, 1.807) is 6.92 Å². The topological polar surface area (TPSA) is 89.5 Å². The Labute approximate surface area is 180 Å². The summed E-state index contributed by atoms with van der Waals surface area (Å²) in [7, 11) is -4.22. The first kappa shape index (κ1) is 22.7. The monoisotopic (exact) mass is 471 g/mol. The Kier molecular flexibility index (Phi) is 6.60. The van der Waals surface area contributed by atoms with Gasteiger partial charge in [0.2, 0.25) is 5.13 Å². The Morgan fingerprint density at radius 1 is 1.16 bits per heavy atom. The number of halogens is 3. The molecule has 2 aromatic carbocycles. The van der Waals surface area contributed by atoms with Crippen LogP contribution in [0.2, 0.25) is 0 Å². The van der Waals surface area contributed by atoms with Crippen molar-refractivity contribution in [3.8, 4) is 0 Å². The molecule has 0 fully saturated rings. The summed E-state index contributed by atoms with van der Waals surface area (Å²) in [5, 5.41) is 7.38. The van der Waals surface area contributed by atoms with Gasteiger partial charge >= 0.3 is 12.1 Å². The van der Waals surface area contributed by atoms with Gasteiger partial charge in [0.15, 0.2) is 0 Å². The summed E-state index contributed by atoms with van der Waals surface area (Å²) in [5.41, 5.74) is 0.713. The third-order valence-electron chi connectivity index (χ3n) is 4.10. The van der Waals surface area contributed by atoms with Crippen LogP contribution >= 0.6 is 11.3 Å². The van der Waals surface area contributed by atoms with Crippen molar-refractivity contribution in [2.75, 3.05) is 10.9 Å². The maximum absolute atomic E-state index is 13.3. The Morgan fingerprint density at radius 2 is 1.87 bits per heavy atom. The first-order valence-corrected chi connectivity index (χ1v) is 11.2. The Bertz CT molecular complexity index is 1150. The first-order chi connectivity index (χ1) is 14.6. The molecule has 0 atom stereocenters. The summed E-state index contributed by atoms with van der Waals surface area (Å²) in [5.74, 6) is -0.601. The van der Waals surface area contributed by atoms with Gasteiger partial charge in [-0.2, -0.15) is 13.2 Å². The van der Waals surface area contributed by atoms with Crippen molar-refractivity contribution in [1.29, 1.82) is 0 Å². The van der Waals surface area contributed by atoms with E-state index in [0.29, 0.717) is 0 Å². The highest BCUT2D eigenvalue weighted by Gasteiger charge is 2.32. The molecule has 1 aromatic heterocycles. The lowest BCUT2D eigenvalue weighted by Crippen LogP contribution is -2.30. The molecule has 3 rings (SSSR count). The van der Waals surface area contributed by atoms with Crippen LogP contribution < -0.4 is 4.31 Å². The van der Waals surface area contributed by atoms with E-state index in [1.165, 1.54) is 41.9 Å². The molecular weight excluding hydrogens is 455 g/mol. The fraction of sp³-hybridized carbons (Fsp3) is 0.211. The number of rotatable bonds is 7. The third kappa shape index (κ3) is 5.20. The van der Waals surface area contributed by atoms with Crippen LogP contribution in [0.1, 0.15) is 28.4 Å². The molecule has 31 heavy (non-hydrogen) atoms. The number of alkyl halides is 3. The standard InChI is InChI=1S/C19H16F3N3O4S2/c1-2-29-17(26)14-6-8-16(9-7-14)31(27,28)25(18-24-23-12-30-18)11-13-4-3-5-15(10-13)19(20,21)22/h3-10,12H,2,11H2,1H3. The largest absolute Gasteiger partial charge is 0.462 e. The molecule has 0 aliphatic rings. The van der Waals surface area contributed by atoms with Crippen molar-refractivity contribution in [2.24, 2.45) is 0 Å². The van der Waals surface area contributed by atoms with E-state index in [9.17, 15) is 26.4 Å². The molecule has 1 heterocycles. The molecule has 0 aliphatic heterocycles. The van der Waals surface area contributed by atoms with E-state index in [2.05, 4.69) is 10.2 Å². The van der Waals surface area contributed by atoms with Gasteiger partial charge in [-0.15, -0.1) is 10.2 Å². The average Bonchev–Trinajstić information content (AvgIpc) is 3.26.